The van der Waals surface area contributed by atoms with Crippen LogP contribution in [0.3, 0.4) is 0 Å². The number of rotatable bonds is 54. The lowest BCUT2D eigenvalue weighted by Gasteiger charge is -2.22. The summed E-state index contributed by atoms with van der Waals surface area (Å²) in [6.45, 7) is 4.92. The van der Waals surface area contributed by atoms with Crippen LogP contribution in [0, 0.1) is 0 Å². The Hall–Kier alpha value is -1.66. The molecule has 0 aliphatic carbocycles. The van der Waals surface area contributed by atoms with Crippen LogP contribution < -0.4 is 5.32 Å². The average Bonchev–Trinajstić information content (AvgIpc) is 3.31. The van der Waals surface area contributed by atoms with Crippen molar-refractivity contribution in [1.29, 1.82) is 0 Å². The number of unbranched alkanes of at least 4 members (excludes halogenated alkanes) is 39. The number of allylic oxidation sites excluding steroid dienone is 4. The van der Waals surface area contributed by atoms with Crippen molar-refractivity contribution in [3.63, 3.8) is 0 Å². The first-order chi connectivity index (χ1) is 32.0. The molecule has 2 atom stereocenters. The number of carbonyl (C=O) groups is 2. The maximum absolute atomic E-state index is 12.5. The van der Waals surface area contributed by atoms with Gasteiger partial charge in [0.15, 0.2) is 0 Å². The number of ether oxygens (including phenoxy) is 1. The summed E-state index contributed by atoms with van der Waals surface area (Å²) < 4.78 is 5.46. The second-order valence-corrected chi connectivity index (χ2v) is 20.0. The van der Waals surface area contributed by atoms with Crippen molar-refractivity contribution >= 4 is 11.9 Å². The number of aliphatic hydroxyl groups is 2. The molecule has 0 radical (unpaired) electrons. The van der Waals surface area contributed by atoms with Crippen LogP contribution in [0.4, 0.5) is 0 Å². The highest BCUT2D eigenvalue weighted by atomic mass is 16.5. The second-order valence-electron chi connectivity index (χ2n) is 20.0. The van der Waals surface area contributed by atoms with E-state index in [0.717, 1.165) is 70.6 Å². The number of amides is 1. The zero-order valence-corrected chi connectivity index (χ0v) is 43.7. The number of carbonyl (C=O) groups excluding carboxylic acids is 2. The number of nitrogens with one attached hydrogen (secondary N) is 1. The van der Waals surface area contributed by atoms with Gasteiger partial charge in [0.2, 0.25) is 5.91 Å². The molecule has 6 heteroatoms. The van der Waals surface area contributed by atoms with E-state index in [-0.39, 0.29) is 18.5 Å². The minimum atomic E-state index is -0.682. The fraction of sp³-hybridized carbons (Fsp3) is 0.898. The topological polar surface area (TPSA) is 95.9 Å². The van der Waals surface area contributed by atoms with Crippen molar-refractivity contribution in [2.24, 2.45) is 0 Å². The van der Waals surface area contributed by atoms with Crippen LogP contribution in [-0.2, 0) is 14.3 Å². The molecule has 384 valence electrons. The standard InChI is InChI=1S/C59H113NO5/c1-3-5-7-9-11-13-15-17-19-21-22-23-24-27-31-35-39-43-47-51-57(62)56(55-61)60-58(63)52-48-44-40-36-32-28-26-30-34-38-42-46-50-54-65-59(64)53-49-45-41-37-33-29-25-20-18-16-14-12-10-8-6-4-2/h20,25,28,32,56-57,61-62H,3-19,21-24,26-27,29-31,33-55H2,1-2H3,(H,60,63)/b25-20-,32-28-. The van der Waals surface area contributed by atoms with Crippen LogP contribution in [0.15, 0.2) is 24.3 Å². The summed E-state index contributed by atoms with van der Waals surface area (Å²) >= 11 is 0. The van der Waals surface area contributed by atoms with Gasteiger partial charge in [-0.2, -0.15) is 0 Å². The van der Waals surface area contributed by atoms with Gasteiger partial charge in [-0.1, -0.05) is 250 Å². The molecule has 1 amide bonds. The van der Waals surface area contributed by atoms with Crippen LogP contribution in [0.1, 0.15) is 316 Å². The molecule has 0 rings (SSSR count). The molecule has 2 unspecified atom stereocenters. The summed E-state index contributed by atoms with van der Waals surface area (Å²) in [5.74, 6) is -0.0823. The molecular formula is C59H113NO5. The fourth-order valence-corrected chi connectivity index (χ4v) is 8.98. The normalized spacial score (nSPS) is 12.7. The van der Waals surface area contributed by atoms with Crippen LogP contribution in [0.2, 0.25) is 0 Å². The lowest BCUT2D eigenvalue weighted by atomic mass is 10.0. The molecule has 3 N–H and O–H groups in total. The molecule has 0 bridgehead atoms. The molecule has 65 heavy (non-hydrogen) atoms. The Morgan fingerprint density at radius 2 is 0.723 bits per heavy atom. The first-order valence-electron chi connectivity index (χ1n) is 29.1. The van der Waals surface area contributed by atoms with Gasteiger partial charge in [0, 0.05) is 12.8 Å². The van der Waals surface area contributed by atoms with Crippen LogP contribution in [0.5, 0.6) is 0 Å². The Labute approximate surface area is 405 Å². The van der Waals surface area contributed by atoms with E-state index in [2.05, 4.69) is 43.5 Å². The van der Waals surface area contributed by atoms with Crippen molar-refractivity contribution in [2.45, 2.75) is 328 Å². The van der Waals surface area contributed by atoms with E-state index in [1.165, 1.54) is 212 Å². The van der Waals surface area contributed by atoms with Gasteiger partial charge < -0.3 is 20.3 Å². The monoisotopic (exact) mass is 916 g/mol. The zero-order chi connectivity index (χ0) is 47.2. The van der Waals surface area contributed by atoms with E-state index in [9.17, 15) is 19.8 Å². The Kier molecular flexibility index (Phi) is 53.5. The third-order valence-corrected chi connectivity index (χ3v) is 13.5. The van der Waals surface area contributed by atoms with Gasteiger partial charge in [0.1, 0.15) is 0 Å². The molecule has 0 aromatic heterocycles. The maximum atomic E-state index is 12.5. The van der Waals surface area contributed by atoms with Gasteiger partial charge in [-0.05, 0) is 77.0 Å². The van der Waals surface area contributed by atoms with E-state index in [0.29, 0.717) is 25.9 Å². The van der Waals surface area contributed by atoms with Gasteiger partial charge in [0.25, 0.3) is 0 Å². The molecule has 0 aliphatic heterocycles. The van der Waals surface area contributed by atoms with Gasteiger partial charge in [0.05, 0.1) is 25.4 Å². The molecule has 6 nitrogen and oxygen atoms in total. The van der Waals surface area contributed by atoms with Gasteiger partial charge in [-0.15, -0.1) is 0 Å². The molecule has 0 aromatic carbocycles. The molecule has 0 saturated heterocycles. The smallest absolute Gasteiger partial charge is 0.305 e. The minimum Gasteiger partial charge on any atom is -0.466 e. The van der Waals surface area contributed by atoms with Gasteiger partial charge in [-0.25, -0.2) is 0 Å². The van der Waals surface area contributed by atoms with Crippen molar-refractivity contribution in [3.8, 4) is 0 Å². The van der Waals surface area contributed by atoms with Crippen molar-refractivity contribution < 1.29 is 24.5 Å². The molecule has 0 aromatic rings. The summed E-state index contributed by atoms with van der Waals surface area (Å²) in [6.07, 6.45) is 65.9. The van der Waals surface area contributed by atoms with E-state index in [1.54, 1.807) is 0 Å². The van der Waals surface area contributed by atoms with E-state index in [4.69, 9.17) is 4.74 Å². The van der Waals surface area contributed by atoms with Crippen LogP contribution in [-0.4, -0.2) is 47.4 Å². The Balaban J connectivity index is 3.49. The number of hydrogen-bond acceptors (Lipinski definition) is 5. The highest BCUT2D eigenvalue weighted by Crippen LogP contribution is 2.17. The number of esters is 1. The minimum absolute atomic E-state index is 0.0194. The quantitative estimate of drug-likeness (QED) is 0.0321. The van der Waals surface area contributed by atoms with Crippen molar-refractivity contribution in [3.05, 3.63) is 24.3 Å². The molecule has 0 fully saturated rings. The largest absolute Gasteiger partial charge is 0.466 e. The SMILES string of the molecule is CCCCCCCCC/C=C\CCCCCCCC(=O)OCCCCCCCC/C=C\CCCCCC(=O)NC(CO)C(O)CCCCCCCCCCCCCCCCCCCCC. The Morgan fingerprint density at radius 1 is 0.415 bits per heavy atom. The fourth-order valence-electron chi connectivity index (χ4n) is 8.98. The Morgan fingerprint density at radius 3 is 1.11 bits per heavy atom. The predicted molar refractivity (Wildman–Crippen MR) is 283 cm³/mol. The molecule has 0 spiro atoms. The van der Waals surface area contributed by atoms with E-state index in [1.807, 2.05) is 0 Å². The van der Waals surface area contributed by atoms with Gasteiger partial charge >= 0.3 is 5.97 Å². The van der Waals surface area contributed by atoms with Crippen LogP contribution >= 0.6 is 0 Å². The Bertz CT molecular complexity index is 1010. The summed E-state index contributed by atoms with van der Waals surface area (Å²) in [5, 5.41) is 23.3. The highest BCUT2D eigenvalue weighted by Gasteiger charge is 2.20. The lowest BCUT2D eigenvalue weighted by Crippen LogP contribution is -2.45. The predicted octanol–water partition coefficient (Wildman–Crippen LogP) is 17.9. The summed E-state index contributed by atoms with van der Waals surface area (Å²) in [7, 11) is 0. The lowest BCUT2D eigenvalue weighted by molar-refractivity contribution is -0.143. The first kappa shape index (κ1) is 63.3. The van der Waals surface area contributed by atoms with Crippen LogP contribution in [0.25, 0.3) is 0 Å². The molecule has 0 aliphatic rings. The highest BCUT2D eigenvalue weighted by molar-refractivity contribution is 5.76. The average molecular weight is 917 g/mol. The van der Waals surface area contributed by atoms with Gasteiger partial charge in [-0.3, -0.25) is 9.59 Å². The molecular weight excluding hydrogens is 803 g/mol. The molecule has 0 heterocycles. The third-order valence-electron chi connectivity index (χ3n) is 13.5. The first-order valence-corrected chi connectivity index (χ1v) is 29.1. The number of aliphatic hydroxyl groups excluding tert-OH is 2. The van der Waals surface area contributed by atoms with Crippen molar-refractivity contribution in [1.82, 2.24) is 5.32 Å². The van der Waals surface area contributed by atoms with Crippen molar-refractivity contribution in [2.75, 3.05) is 13.2 Å². The third kappa shape index (κ3) is 51.6. The number of hydrogen-bond donors (Lipinski definition) is 3. The van der Waals surface area contributed by atoms with E-state index < -0.39 is 12.1 Å². The zero-order valence-electron chi connectivity index (χ0n) is 43.7. The maximum Gasteiger partial charge on any atom is 0.305 e. The summed E-state index contributed by atoms with van der Waals surface area (Å²) in [6, 6.07) is -0.562. The summed E-state index contributed by atoms with van der Waals surface area (Å²) in [5.41, 5.74) is 0. The van der Waals surface area contributed by atoms with E-state index >= 15 is 0 Å². The summed E-state index contributed by atoms with van der Waals surface area (Å²) in [4.78, 5) is 24.5. The molecule has 0 saturated carbocycles. The second kappa shape index (κ2) is 54.9.